The molecule has 0 bridgehead atoms. The lowest BCUT2D eigenvalue weighted by Gasteiger charge is -2.19. The van der Waals surface area contributed by atoms with Crippen LogP contribution in [-0.4, -0.2) is 36.1 Å². The number of hydrogen-bond acceptors (Lipinski definition) is 5. The Bertz CT molecular complexity index is 590. The summed E-state index contributed by atoms with van der Waals surface area (Å²) in [4.78, 5) is 15.4. The van der Waals surface area contributed by atoms with E-state index in [-0.39, 0.29) is 17.0 Å². The van der Waals surface area contributed by atoms with Crippen LogP contribution < -0.4 is 9.80 Å². The summed E-state index contributed by atoms with van der Waals surface area (Å²) in [6, 6.07) is 6.38. The van der Waals surface area contributed by atoms with Crippen molar-refractivity contribution in [2.75, 3.05) is 30.9 Å². The van der Waals surface area contributed by atoms with Crippen molar-refractivity contribution in [2.24, 2.45) is 0 Å². The maximum Gasteiger partial charge on any atom is 0.235 e. The van der Waals surface area contributed by atoms with Crippen LogP contribution in [-0.2, 0) is 0 Å². The van der Waals surface area contributed by atoms with Gasteiger partial charge in [0.05, 0.1) is 5.69 Å². The van der Waals surface area contributed by atoms with Crippen molar-refractivity contribution >= 4 is 29.2 Å². The molecule has 2 aromatic rings. The quantitative estimate of drug-likeness (QED) is 0.865. The summed E-state index contributed by atoms with van der Waals surface area (Å²) in [5.74, 6) is 0.347. The maximum absolute atomic E-state index is 13.7. The zero-order valence-corrected chi connectivity index (χ0v) is 11.6. The molecule has 19 heavy (non-hydrogen) atoms. The van der Waals surface area contributed by atoms with Crippen LogP contribution in [0.4, 0.5) is 22.0 Å². The Hall–Kier alpha value is -1.95. The van der Waals surface area contributed by atoms with Crippen molar-refractivity contribution in [1.29, 1.82) is 0 Å². The third-order valence-corrected chi connectivity index (χ3v) is 2.67. The first-order valence-corrected chi connectivity index (χ1v) is 5.94. The summed E-state index contributed by atoms with van der Waals surface area (Å²) in [5.41, 5.74) is 0.370. The first kappa shape index (κ1) is 13.5. The van der Waals surface area contributed by atoms with Crippen molar-refractivity contribution in [3.05, 3.63) is 35.4 Å². The zero-order chi connectivity index (χ0) is 14.0. The second kappa shape index (κ2) is 5.36. The zero-order valence-electron chi connectivity index (χ0n) is 10.8. The fourth-order valence-corrected chi connectivity index (χ4v) is 1.66. The normalized spacial score (nSPS) is 10.4. The first-order chi connectivity index (χ1) is 8.99. The summed E-state index contributed by atoms with van der Waals surface area (Å²) in [7, 11) is 5.25. The Labute approximate surface area is 115 Å². The van der Waals surface area contributed by atoms with E-state index < -0.39 is 0 Å². The van der Waals surface area contributed by atoms with Crippen molar-refractivity contribution in [1.82, 2.24) is 15.0 Å². The Balaban J connectivity index is 2.44. The fraction of sp³-hybridized carbons (Fsp3) is 0.250. The van der Waals surface area contributed by atoms with Gasteiger partial charge in [0, 0.05) is 21.1 Å². The molecule has 0 atom stereocenters. The number of nitrogens with zero attached hydrogens (tertiary/aromatic N) is 5. The van der Waals surface area contributed by atoms with Crippen molar-refractivity contribution < 1.29 is 4.39 Å². The molecule has 5 nitrogen and oxygen atoms in total. The van der Waals surface area contributed by atoms with Gasteiger partial charge in [0.25, 0.3) is 0 Å². The van der Waals surface area contributed by atoms with Crippen molar-refractivity contribution in [3.8, 4) is 0 Å². The number of para-hydroxylation sites is 1. The molecule has 0 aliphatic heterocycles. The Morgan fingerprint density at radius 2 is 1.63 bits per heavy atom. The van der Waals surface area contributed by atoms with E-state index in [0.717, 1.165) is 0 Å². The summed E-state index contributed by atoms with van der Waals surface area (Å²) < 4.78 is 13.7. The number of halogens is 2. The van der Waals surface area contributed by atoms with Crippen LogP contribution in [0.25, 0.3) is 0 Å². The molecule has 0 amide bonds. The van der Waals surface area contributed by atoms with E-state index in [0.29, 0.717) is 11.6 Å². The van der Waals surface area contributed by atoms with Gasteiger partial charge in [-0.1, -0.05) is 12.1 Å². The van der Waals surface area contributed by atoms with Gasteiger partial charge in [-0.05, 0) is 23.7 Å². The highest BCUT2D eigenvalue weighted by molar-refractivity contribution is 6.28. The van der Waals surface area contributed by atoms with E-state index >= 15 is 0 Å². The molecule has 1 aromatic carbocycles. The van der Waals surface area contributed by atoms with E-state index in [1.54, 1.807) is 44.2 Å². The van der Waals surface area contributed by atoms with Gasteiger partial charge in [-0.2, -0.15) is 15.0 Å². The molecule has 0 spiro atoms. The Morgan fingerprint density at radius 3 is 2.26 bits per heavy atom. The lowest BCUT2D eigenvalue weighted by atomic mass is 10.3. The Kier molecular flexibility index (Phi) is 3.80. The second-order valence-corrected chi connectivity index (χ2v) is 4.45. The second-order valence-electron chi connectivity index (χ2n) is 4.11. The third-order valence-electron chi connectivity index (χ3n) is 2.50. The average Bonchev–Trinajstić information content (AvgIpc) is 2.37. The molecule has 1 heterocycles. The number of rotatable bonds is 3. The molecule has 0 fully saturated rings. The first-order valence-electron chi connectivity index (χ1n) is 5.56. The van der Waals surface area contributed by atoms with Crippen molar-refractivity contribution in [2.45, 2.75) is 0 Å². The minimum atomic E-state index is -0.354. The van der Waals surface area contributed by atoms with Gasteiger partial charge in [-0.25, -0.2) is 4.39 Å². The molecule has 1 aromatic heterocycles. The minimum Gasteiger partial charge on any atom is -0.347 e. The van der Waals surface area contributed by atoms with E-state index in [9.17, 15) is 4.39 Å². The van der Waals surface area contributed by atoms with E-state index in [2.05, 4.69) is 15.0 Å². The van der Waals surface area contributed by atoms with Gasteiger partial charge in [-0.15, -0.1) is 0 Å². The predicted octanol–water partition coefficient (Wildman–Crippen LogP) is 2.50. The van der Waals surface area contributed by atoms with Crippen LogP contribution in [0.15, 0.2) is 24.3 Å². The average molecular weight is 282 g/mol. The van der Waals surface area contributed by atoms with Crippen molar-refractivity contribution in [3.63, 3.8) is 0 Å². The summed E-state index contributed by atoms with van der Waals surface area (Å²) in [6.07, 6.45) is 0. The van der Waals surface area contributed by atoms with Crippen LogP contribution in [0.1, 0.15) is 0 Å². The van der Waals surface area contributed by atoms with Crippen LogP contribution >= 0.6 is 11.6 Å². The molecule has 0 aliphatic rings. The lowest BCUT2D eigenvalue weighted by molar-refractivity contribution is 0.626. The van der Waals surface area contributed by atoms with Crippen LogP contribution in [0.2, 0.25) is 5.28 Å². The van der Waals surface area contributed by atoms with Gasteiger partial charge in [0.1, 0.15) is 5.82 Å². The van der Waals surface area contributed by atoms with E-state index in [4.69, 9.17) is 11.6 Å². The minimum absolute atomic E-state index is 0.0666. The molecule has 7 heteroatoms. The van der Waals surface area contributed by atoms with E-state index in [1.807, 2.05) is 0 Å². The SMILES string of the molecule is CN(C)c1nc(Cl)nc(N(C)c2ccccc2F)n1. The highest BCUT2D eigenvalue weighted by Crippen LogP contribution is 2.24. The van der Waals surface area contributed by atoms with E-state index in [1.165, 1.54) is 11.0 Å². The Morgan fingerprint density at radius 1 is 1.00 bits per heavy atom. The molecule has 0 aliphatic carbocycles. The molecule has 0 saturated carbocycles. The molecule has 100 valence electrons. The highest BCUT2D eigenvalue weighted by atomic mass is 35.5. The molecule has 0 unspecified atom stereocenters. The number of aromatic nitrogens is 3. The lowest BCUT2D eigenvalue weighted by Crippen LogP contribution is -2.19. The van der Waals surface area contributed by atoms with Crippen LogP contribution in [0, 0.1) is 5.82 Å². The number of hydrogen-bond donors (Lipinski definition) is 0. The molecular formula is C12H13ClFN5. The van der Waals surface area contributed by atoms with Gasteiger partial charge < -0.3 is 9.80 Å². The van der Waals surface area contributed by atoms with Gasteiger partial charge in [0.15, 0.2) is 0 Å². The fourth-order valence-electron chi connectivity index (χ4n) is 1.51. The predicted molar refractivity (Wildman–Crippen MR) is 73.6 cm³/mol. The maximum atomic E-state index is 13.7. The van der Waals surface area contributed by atoms with Gasteiger partial charge >= 0.3 is 0 Å². The standard InChI is InChI=1S/C12H13ClFN5/c1-18(2)11-15-10(13)16-12(17-11)19(3)9-7-5-4-6-8(9)14/h4-7H,1-3H3. The molecule has 0 radical (unpaired) electrons. The monoisotopic (exact) mass is 281 g/mol. The summed E-state index contributed by atoms with van der Waals surface area (Å²) in [6.45, 7) is 0. The molecule has 2 rings (SSSR count). The molecule has 0 saturated heterocycles. The smallest absolute Gasteiger partial charge is 0.235 e. The van der Waals surface area contributed by atoms with Crippen LogP contribution in [0.5, 0.6) is 0 Å². The molecule has 0 N–H and O–H groups in total. The van der Waals surface area contributed by atoms with Crippen LogP contribution in [0.3, 0.4) is 0 Å². The largest absolute Gasteiger partial charge is 0.347 e. The van der Waals surface area contributed by atoms with Gasteiger partial charge in [0.2, 0.25) is 17.2 Å². The summed E-state index contributed by atoms with van der Waals surface area (Å²) >= 11 is 5.86. The van der Waals surface area contributed by atoms with Gasteiger partial charge in [-0.3, -0.25) is 0 Å². The molecular weight excluding hydrogens is 269 g/mol. The third kappa shape index (κ3) is 2.90. The summed E-state index contributed by atoms with van der Waals surface area (Å²) in [5, 5.41) is 0.0666. The number of anilines is 3. The number of benzene rings is 1. The topological polar surface area (TPSA) is 45.2 Å². The highest BCUT2D eigenvalue weighted by Gasteiger charge is 2.14.